The van der Waals surface area contributed by atoms with Crippen LogP contribution in [0.5, 0.6) is 0 Å². The van der Waals surface area contributed by atoms with Crippen LogP contribution in [0.3, 0.4) is 0 Å². The van der Waals surface area contributed by atoms with Crippen LogP contribution in [0.25, 0.3) is 0 Å². The second-order valence-corrected chi connectivity index (χ2v) is 8.86. The summed E-state index contributed by atoms with van der Waals surface area (Å²) in [5, 5.41) is 3.05. The molecule has 5 nitrogen and oxygen atoms in total. The molecule has 0 saturated heterocycles. The minimum atomic E-state index is -0.375. The van der Waals surface area contributed by atoms with Crippen molar-refractivity contribution in [1.29, 1.82) is 0 Å². The molecule has 0 atom stereocenters. The Balaban J connectivity index is 1.63. The number of amides is 2. The zero-order valence-electron chi connectivity index (χ0n) is 17.8. The monoisotopic (exact) mass is 463 g/mol. The number of carbonyl (C=O) groups is 2. The normalized spacial score (nSPS) is 12.8. The van der Waals surface area contributed by atoms with Crippen LogP contribution in [0.4, 0.5) is 17.1 Å². The van der Waals surface area contributed by atoms with E-state index in [1.807, 2.05) is 36.4 Å². The van der Waals surface area contributed by atoms with Crippen molar-refractivity contribution < 1.29 is 9.59 Å². The number of para-hydroxylation sites is 1. The molecule has 32 heavy (non-hydrogen) atoms. The fourth-order valence-electron chi connectivity index (χ4n) is 3.95. The molecule has 0 saturated carbocycles. The summed E-state index contributed by atoms with van der Waals surface area (Å²) in [6.45, 7) is 0.948. The number of carbonyl (C=O) groups excluding carboxylic acids is 2. The van der Waals surface area contributed by atoms with E-state index in [0.717, 1.165) is 34.7 Å². The molecule has 1 aliphatic heterocycles. The van der Waals surface area contributed by atoms with Crippen LogP contribution < -0.4 is 14.5 Å². The number of hydrogen-bond acceptors (Lipinski definition) is 6. The number of aryl methyl sites for hydroxylation is 1. The van der Waals surface area contributed by atoms with Crippen molar-refractivity contribution in [2.75, 3.05) is 28.1 Å². The summed E-state index contributed by atoms with van der Waals surface area (Å²) in [5.74, 6) is 0.0209. The molecule has 1 aliphatic rings. The van der Waals surface area contributed by atoms with Gasteiger partial charge < -0.3 is 9.62 Å². The average molecular weight is 464 g/mol. The number of hydrogen-bond donors (Lipinski definition) is 2. The van der Waals surface area contributed by atoms with E-state index in [0.29, 0.717) is 29.1 Å². The Morgan fingerprint density at radius 3 is 2.75 bits per heavy atom. The van der Waals surface area contributed by atoms with Gasteiger partial charge in [-0.1, -0.05) is 36.4 Å². The van der Waals surface area contributed by atoms with Gasteiger partial charge in [0, 0.05) is 29.9 Å². The van der Waals surface area contributed by atoms with Crippen molar-refractivity contribution in [3.63, 3.8) is 0 Å². The standard InChI is InChI=1S/C25H25N3O2S2/c1-26-22-12-4-8-19(16-31)24(22)25(30)27(17-29)20-10-5-11-21(15-20)32-28-14-6-9-18-7-2-3-13-23(18)28/h2-5,7-8,10-13,15,17,26,31H,6,9,14,16H2,1H3. The maximum absolute atomic E-state index is 13.4. The van der Waals surface area contributed by atoms with Crippen molar-refractivity contribution in [1.82, 2.24) is 0 Å². The fourth-order valence-corrected chi connectivity index (χ4v) is 5.28. The molecule has 0 fully saturated rings. The van der Waals surface area contributed by atoms with Gasteiger partial charge in [-0.25, -0.2) is 4.90 Å². The molecule has 3 aromatic rings. The molecule has 2 amide bonds. The Kier molecular flexibility index (Phi) is 7.07. The summed E-state index contributed by atoms with van der Waals surface area (Å²) in [6.07, 6.45) is 2.76. The van der Waals surface area contributed by atoms with Gasteiger partial charge in [0.25, 0.3) is 5.91 Å². The number of benzene rings is 3. The zero-order valence-corrected chi connectivity index (χ0v) is 19.5. The van der Waals surface area contributed by atoms with Gasteiger partial charge in [0.2, 0.25) is 6.41 Å². The molecular formula is C25H25N3O2S2. The highest BCUT2D eigenvalue weighted by Gasteiger charge is 2.24. The average Bonchev–Trinajstić information content (AvgIpc) is 2.84. The minimum absolute atomic E-state index is 0.375. The lowest BCUT2D eigenvalue weighted by Crippen LogP contribution is -2.31. The van der Waals surface area contributed by atoms with E-state index in [2.05, 4.69) is 46.5 Å². The number of rotatable bonds is 7. The van der Waals surface area contributed by atoms with E-state index >= 15 is 0 Å². The van der Waals surface area contributed by atoms with Crippen molar-refractivity contribution in [3.8, 4) is 0 Å². The Hall–Kier alpha value is -2.90. The maximum Gasteiger partial charge on any atom is 0.267 e. The van der Waals surface area contributed by atoms with Crippen molar-refractivity contribution >= 4 is 54.0 Å². The molecule has 1 N–H and O–H groups in total. The van der Waals surface area contributed by atoms with Crippen LogP contribution in [0.2, 0.25) is 0 Å². The van der Waals surface area contributed by atoms with E-state index in [1.165, 1.54) is 11.3 Å². The van der Waals surface area contributed by atoms with Crippen LogP contribution in [0.1, 0.15) is 27.9 Å². The molecule has 0 aromatic heterocycles. The Morgan fingerprint density at radius 1 is 1.16 bits per heavy atom. The van der Waals surface area contributed by atoms with Crippen LogP contribution in [0, 0.1) is 0 Å². The third-order valence-corrected chi connectivity index (χ3v) is 6.91. The summed E-state index contributed by atoms with van der Waals surface area (Å²) in [6, 6.07) is 21.5. The van der Waals surface area contributed by atoms with Gasteiger partial charge in [0.15, 0.2) is 0 Å². The summed E-state index contributed by atoms with van der Waals surface area (Å²) in [4.78, 5) is 27.6. The fraction of sp³-hybridized carbons (Fsp3) is 0.200. The van der Waals surface area contributed by atoms with E-state index in [1.54, 1.807) is 25.1 Å². The molecular weight excluding hydrogens is 438 g/mol. The van der Waals surface area contributed by atoms with Gasteiger partial charge in [0.1, 0.15) is 0 Å². The first-order valence-electron chi connectivity index (χ1n) is 10.5. The molecule has 1 heterocycles. The van der Waals surface area contributed by atoms with Gasteiger partial charge in [-0.3, -0.25) is 9.59 Å². The number of nitrogens with one attached hydrogen (secondary N) is 1. The van der Waals surface area contributed by atoms with Gasteiger partial charge in [-0.05, 0) is 66.2 Å². The summed E-state index contributed by atoms with van der Waals surface area (Å²) in [5.41, 5.74) is 5.00. The van der Waals surface area contributed by atoms with E-state index in [-0.39, 0.29) is 5.91 Å². The summed E-state index contributed by atoms with van der Waals surface area (Å²) in [7, 11) is 1.76. The van der Waals surface area contributed by atoms with E-state index in [4.69, 9.17) is 0 Å². The molecule has 164 valence electrons. The second kappa shape index (κ2) is 10.1. The lowest BCUT2D eigenvalue weighted by Gasteiger charge is -2.30. The first-order chi connectivity index (χ1) is 15.7. The largest absolute Gasteiger partial charge is 0.387 e. The topological polar surface area (TPSA) is 52.7 Å². The van der Waals surface area contributed by atoms with Gasteiger partial charge >= 0.3 is 0 Å². The highest BCUT2D eigenvalue weighted by molar-refractivity contribution is 8.00. The highest BCUT2D eigenvalue weighted by Crippen LogP contribution is 2.36. The molecule has 7 heteroatoms. The smallest absolute Gasteiger partial charge is 0.267 e. The summed E-state index contributed by atoms with van der Waals surface area (Å²) < 4.78 is 2.28. The summed E-state index contributed by atoms with van der Waals surface area (Å²) >= 11 is 5.99. The first kappa shape index (κ1) is 22.3. The number of fused-ring (bicyclic) bond motifs is 1. The van der Waals surface area contributed by atoms with Crippen LogP contribution >= 0.6 is 24.6 Å². The number of nitrogens with zero attached hydrogens (tertiary/aromatic N) is 2. The van der Waals surface area contributed by atoms with E-state index < -0.39 is 0 Å². The van der Waals surface area contributed by atoms with E-state index in [9.17, 15) is 9.59 Å². The quantitative estimate of drug-likeness (QED) is 0.278. The number of imide groups is 1. The SMILES string of the molecule is CNc1cccc(CS)c1C(=O)N(C=O)c1cccc(SN2CCCc3ccccc32)c1. The first-order valence-corrected chi connectivity index (χ1v) is 11.9. The predicted molar refractivity (Wildman–Crippen MR) is 136 cm³/mol. The third kappa shape index (κ3) is 4.49. The molecule has 0 spiro atoms. The van der Waals surface area contributed by atoms with Gasteiger partial charge in [-0.15, -0.1) is 0 Å². The molecule has 0 bridgehead atoms. The molecule has 0 radical (unpaired) electrons. The predicted octanol–water partition coefficient (Wildman–Crippen LogP) is 5.42. The number of anilines is 3. The lowest BCUT2D eigenvalue weighted by molar-refractivity contribution is -0.106. The van der Waals surface area contributed by atoms with Crippen LogP contribution in [-0.4, -0.2) is 25.9 Å². The zero-order chi connectivity index (χ0) is 22.5. The maximum atomic E-state index is 13.4. The molecule has 3 aromatic carbocycles. The minimum Gasteiger partial charge on any atom is -0.387 e. The Bertz CT molecular complexity index is 1110. The van der Waals surface area contributed by atoms with Crippen LogP contribution in [-0.2, 0) is 17.0 Å². The second-order valence-electron chi connectivity index (χ2n) is 7.45. The van der Waals surface area contributed by atoms with Gasteiger partial charge in [0.05, 0.1) is 16.9 Å². The van der Waals surface area contributed by atoms with Crippen molar-refractivity contribution in [2.45, 2.75) is 23.5 Å². The molecule has 4 rings (SSSR count). The van der Waals surface area contributed by atoms with Crippen molar-refractivity contribution in [2.24, 2.45) is 0 Å². The number of thiol groups is 1. The molecule has 0 aliphatic carbocycles. The Labute approximate surface area is 198 Å². The third-order valence-electron chi connectivity index (χ3n) is 5.51. The Morgan fingerprint density at radius 2 is 1.97 bits per heavy atom. The van der Waals surface area contributed by atoms with Gasteiger partial charge in [-0.2, -0.15) is 12.6 Å². The van der Waals surface area contributed by atoms with Crippen molar-refractivity contribution in [3.05, 3.63) is 83.4 Å². The lowest BCUT2D eigenvalue weighted by atomic mass is 10.0. The highest BCUT2D eigenvalue weighted by atomic mass is 32.2. The van der Waals surface area contributed by atoms with Crippen LogP contribution in [0.15, 0.2) is 71.6 Å². The molecule has 0 unspecified atom stereocenters.